The first kappa shape index (κ1) is 10.5. The second-order valence-corrected chi connectivity index (χ2v) is 3.84. The monoisotopic (exact) mass is 291 g/mol. The smallest absolute Gasteiger partial charge is 0.209 e. The quantitative estimate of drug-likeness (QED) is 0.650. The molecule has 4 heteroatoms. The summed E-state index contributed by atoms with van der Waals surface area (Å²) in [5, 5.41) is 9.00. The van der Waals surface area contributed by atoms with E-state index in [1.54, 1.807) is 46.9 Å². The Hall–Kier alpha value is -0.620. The minimum atomic E-state index is -0.454. The molecule has 1 unspecified atom stereocenters. The topological polar surface area (TPSA) is 63.3 Å². The minimum Gasteiger partial charge on any atom is -0.508 e. The Labute approximate surface area is 90.1 Å². The molecule has 70 valence electrons. The summed E-state index contributed by atoms with van der Waals surface area (Å²) in [6.07, 6.45) is 0.516. The van der Waals surface area contributed by atoms with Gasteiger partial charge in [0.05, 0.1) is 6.04 Å². The Morgan fingerprint density at radius 2 is 2.00 bits per heavy atom. The standard InChI is InChI=1S/C9H10INO2/c10-9(13)8(11)5-6-1-3-7(12)4-2-6/h1-4,8,12H,5,11H2. The summed E-state index contributed by atoms with van der Waals surface area (Å²) in [4.78, 5) is 10.8. The number of nitrogens with two attached hydrogens (primary N) is 1. The van der Waals surface area contributed by atoms with Crippen molar-refractivity contribution in [1.29, 1.82) is 0 Å². The van der Waals surface area contributed by atoms with Gasteiger partial charge in [-0.25, -0.2) is 0 Å². The normalized spacial score (nSPS) is 12.5. The largest absolute Gasteiger partial charge is 0.508 e. The second kappa shape index (κ2) is 4.57. The number of carbonyl (C=O) groups excluding carboxylic acids is 1. The van der Waals surface area contributed by atoms with Gasteiger partial charge < -0.3 is 10.8 Å². The van der Waals surface area contributed by atoms with Crippen molar-refractivity contribution in [3.63, 3.8) is 0 Å². The maximum absolute atomic E-state index is 10.8. The average molecular weight is 291 g/mol. The van der Waals surface area contributed by atoms with Crippen molar-refractivity contribution in [1.82, 2.24) is 0 Å². The van der Waals surface area contributed by atoms with E-state index < -0.39 is 6.04 Å². The lowest BCUT2D eigenvalue weighted by Crippen LogP contribution is -2.28. The summed E-state index contributed by atoms with van der Waals surface area (Å²) in [6, 6.07) is 6.23. The number of benzene rings is 1. The predicted molar refractivity (Wildman–Crippen MR) is 58.8 cm³/mol. The Bertz CT molecular complexity index is 297. The van der Waals surface area contributed by atoms with Crippen LogP contribution in [0.4, 0.5) is 0 Å². The minimum absolute atomic E-state index is 0.0503. The van der Waals surface area contributed by atoms with Crippen LogP contribution in [0.15, 0.2) is 24.3 Å². The van der Waals surface area contributed by atoms with E-state index in [1.165, 1.54) is 0 Å². The molecule has 0 fully saturated rings. The van der Waals surface area contributed by atoms with Gasteiger partial charge in [0.1, 0.15) is 5.75 Å². The van der Waals surface area contributed by atoms with E-state index in [2.05, 4.69) is 0 Å². The molecule has 0 aliphatic heterocycles. The third kappa shape index (κ3) is 3.31. The number of hydrogen-bond acceptors (Lipinski definition) is 3. The van der Waals surface area contributed by atoms with Crippen LogP contribution in [-0.4, -0.2) is 14.9 Å². The highest BCUT2D eigenvalue weighted by atomic mass is 127. The molecule has 1 atom stereocenters. The fraction of sp³-hybridized carbons (Fsp3) is 0.222. The zero-order valence-electron chi connectivity index (χ0n) is 6.90. The zero-order chi connectivity index (χ0) is 9.84. The molecule has 0 aromatic heterocycles. The molecule has 3 nitrogen and oxygen atoms in total. The van der Waals surface area contributed by atoms with Crippen LogP contribution in [0.3, 0.4) is 0 Å². The summed E-state index contributed by atoms with van der Waals surface area (Å²) in [5.41, 5.74) is 6.52. The van der Waals surface area contributed by atoms with Gasteiger partial charge in [-0.3, -0.25) is 4.79 Å². The Kier molecular flexibility index (Phi) is 3.68. The van der Waals surface area contributed by atoms with Crippen molar-refractivity contribution in [2.24, 2.45) is 5.73 Å². The van der Waals surface area contributed by atoms with Crippen LogP contribution in [-0.2, 0) is 11.2 Å². The Morgan fingerprint density at radius 3 is 2.46 bits per heavy atom. The van der Waals surface area contributed by atoms with E-state index in [0.29, 0.717) is 6.42 Å². The molecule has 1 aromatic carbocycles. The Balaban J connectivity index is 2.64. The van der Waals surface area contributed by atoms with Crippen molar-refractivity contribution < 1.29 is 9.90 Å². The van der Waals surface area contributed by atoms with E-state index in [0.717, 1.165) is 5.56 Å². The van der Waals surface area contributed by atoms with Crippen molar-refractivity contribution in [3.05, 3.63) is 29.8 Å². The summed E-state index contributed by atoms with van der Waals surface area (Å²) in [6.45, 7) is 0. The van der Waals surface area contributed by atoms with Gasteiger partial charge in [0, 0.05) is 22.6 Å². The van der Waals surface area contributed by atoms with Gasteiger partial charge in [0.15, 0.2) is 0 Å². The molecule has 1 aromatic rings. The molecule has 0 aliphatic rings. The number of phenolic OH excluding ortho intramolecular Hbond substituents is 1. The van der Waals surface area contributed by atoms with Gasteiger partial charge in [0.2, 0.25) is 3.79 Å². The maximum atomic E-state index is 10.8. The molecule has 0 aliphatic carbocycles. The van der Waals surface area contributed by atoms with Gasteiger partial charge in [-0.1, -0.05) is 12.1 Å². The van der Waals surface area contributed by atoms with Crippen molar-refractivity contribution in [3.8, 4) is 5.75 Å². The number of hydrogen-bond donors (Lipinski definition) is 2. The number of carbonyl (C=O) groups is 1. The lowest BCUT2D eigenvalue weighted by molar-refractivity contribution is -0.110. The first-order chi connectivity index (χ1) is 6.09. The SMILES string of the molecule is NC(Cc1ccc(O)cc1)C(=O)I. The molecule has 3 N–H and O–H groups in total. The van der Waals surface area contributed by atoms with E-state index >= 15 is 0 Å². The summed E-state index contributed by atoms with van der Waals surface area (Å²) < 4.78 is -0.0503. The lowest BCUT2D eigenvalue weighted by atomic mass is 10.1. The molecule has 0 amide bonds. The molecular weight excluding hydrogens is 281 g/mol. The fourth-order valence-corrected chi connectivity index (χ4v) is 1.19. The lowest BCUT2D eigenvalue weighted by Gasteiger charge is -2.06. The van der Waals surface area contributed by atoms with Crippen LogP contribution >= 0.6 is 22.6 Å². The van der Waals surface area contributed by atoms with E-state index in [9.17, 15) is 4.79 Å². The Morgan fingerprint density at radius 1 is 1.46 bits per heavy atom. The molecule has 13 heavy (non-hydrogen) atoms. The van der Waals surface area contributed by atoms with Crippen LogP contribution < -0.4 is 5.73 Å². The first-order valence-electron chi connectivity index (χ1n) is 3.82. The highest BCUT2D eigenvalue weighted by Gasteiger charge is 2.09. The number of phenols is 1. The van der Waals surface area contributed by atoms with Crippen molar-refractivity contribution >= 4 is 26.4 Å². The highest BCUT2D eigenvalue weighted by molar-refractivity contribution is 14.1. The molecule has 0 saturated carbocycles. The van der Waals surface area contributed by atoms with Gasteiger partial charge in [-0.2, -0.15) is 0 Å². The van der Waals surface area contributed by atoms with Gasteiger partial charge in [-0.15, -0.1) is 0 Å². The predicted octanol–water partition coefficient (Wildman–Crippen LogP) is 1.22. The molecule has 0 heterocycles. The van der Waals surface area contributed by atoms with Gasteiger partial charge in [0.25, 0.3) is 0 Å². The third-order valence-electron chi connectivity index (χ3n) is 1.68. The third-order valence-corrected chi connectivity index (χ3v) is 2.48. The first-order valence-corrected chi connectivity index (χ1v) is 4.90. The van der Waals surface area contributed by atoms with Crippen molar-refractivity contribution in [2.75, 3.05) is 0 Å². The summed E-state index contributed by atoms with van der Waals surface area (Å²) in [5.74, 6) is 0.220. The van der Waals surface area contributed by atoms with E-state index in [-0.39, 0.29) is 9.54 Å². The molecule has 0 spiro atoms. The molecule has 0 bridgehead atoms. The van der Waals surface area contributed by atoms with Crippen LogP contribution in [0.1, 0.15) is 5.56 Å². The van der Waals surface area contributed by atoms with Crippen LogP contribution in [0, 0.1) is 0 Å². The number of halogens is 1. The average Bonchev–Trinajstić information content (AvgIpc) is 2.08. The number of aromatic hydroxyl groups is 1. The number of rotatable bonds is 3. The van der Waals surface area contributed by atoms with Crippen molar-refractivity contribution in [2.45, 2.75) is 12.5 Å². The highest BCUT2D eigenvalue weighted by Crippen LogP contribution is 2.11. The molecular formula is C9H10INO2. The van der Waals surface area contributed by atoms with E-state index in [1.807, 2.05) is 0 Å². The second-order valence-electron chi connectivity index (χ2n) is 2.78. The fourth-order valence-electron chi connectivity index (χ4n) is 0.966. The molecule has 0 saturated heterocycles. The van der Waals surface area contributed by atoms with Crippen LogP contribution in [0.2, 0.25) is 0 Å². The van der Waals surface area contributed by atoms with Crippen LogP contribution in [0.25, 0.3) is 0 Å². The van der Waals surface area contributed by atoms with Gasteiger partial charge >= 0.3 is 0 Å². The van der Waals surface area contributed by atoms with Crippen LogP contribution in [0.5, 0.6) is 5.75 Å². The van der Waals surface area contributed by atoms with Gasteiger partial charge in [-0.05, 0) is 24.1 Å². The molecule has 1 rings (SSSR count). The zero-order valence-corrected chi connectivity index (χ0v) is 9.06. The summed E-state index contributed by atoms with van der Waals surface area (Å²) in [7, 11) is 0. The molecule has 0 radical (unpaired) electrons. The van der Waals surface area contributed by atoms with E-state index in [4.69, 9.17) is 10.8 Å². The maximum Gasteiger partial charge on any atom is 0.209 e. The summed E-state index contributed by atoms with van der Waals surface area (Å²) >= 11 is 1.69.